The average Bonchev–Trinajstić information content (AvgIpc) is 3.56. The van der Waals surface area contributed by atoms with Crippen LogP contribution in [0.5, 0.6) is 0 Å². The molecule has 1 heterocycles. The molecular weight excluding hydrogens is 464 g/mol. The molecule has 7 nitrogen and oxygen atoms in total. The van der Waals surface area contributed by atoms with E-state index in [0.717, 1.165) is 41.5 Å². The fourth-order valence-corrected chi connectivity index (χ4v) is 4.37. The highest BCUT2D eigenvalue weighted by Crippen LogP contribution is 2.46. The average molecular weight is 487 g/mol. The monoisotopic (exact) mass is 486 g/mol. The van der Waals surface area contributed by atoms with E-state index in [1.54, 1.807) is 17.6 Å². The number of hydrogen-bond donors (Lipinski definition) is 1. The number of hydrogen-bond acceptors (Lipinski definition) is 5. The lowest BCUT2D eigenvalue weighted by Crippen LogP contribution is -2.18. The van der Waals surface area contributed by atoms with E-state index in [1.807, 2.05) is 66.7 Å². The van der Waals surface area contributed by atoms with Gasteiger partial charge in [0.25, 0.3) is 0 Å². The number of aldehydes is 1. The van der Waals surface area contributed by atoms with Crippen molar-refractivity contribution >= 4 is 29.9 Å². The predicted molar refractivity (Wildman–Crippen MR) is 134 cm³/mol. The molecule has 0 radical (unpaired) electrons. The van der Waals surface area contributed by atoms with Gasteiger partial charge in [0.2, 0.25) is 5.95 Å². The minimum Gasteiger partial charge on any atom is -0.441 e. The number of rotatable bonds is 7. The second-order valence-corrected chi connectivity index (χ2v) is 9.02. The number of carbonyl (C=O) groups excluding carboxylic acids is 2. The second kappa shape index (κ2) is 9.35. The minimum absolute atomic E-state index is 0.238. The van der Waals surface area contributed by atoms with Gasteiger partial charge in [-0.3, -0.25) is 9.88 Å². The molecule has 0 bridgehead atoms. The summed E-state index contributed by atoms with van der Waals surface area (Å²) in [6.07, 6.45) is 3.23. The Balaban J connectivity index is 1.27. The standard InChI is InChI=1S/C27H23ClN4O3/c1-18(23-4-2-3-5-24(23)28)35-26(34)30-25-31-29-17-32(25)22-12-8-20(9-13-22)19-6-10-21(11-7-19)27(16-33)14-15-27/h2-13,16-18H,14-15H2,1H3,(H,30,31,34)/t18-/m1/s1. The highest BCUT2D eigenvalue weighted by molar-refractivity contribution is 6.31. The molecule has 1 saturated carbocycles. The molecule has 4 aromatic rings. The molecule has 1 amide bonds. The van der Waals surface area contributed by atoms with Crippen molar-refractivity contribution in [3.05, 3.63) is 95.3 Å². The Morgan fingerprint density at radius 2 is 1.71 bits per heavy atom. The molecule has 1 fully saturated rings. The van der Waals surface area contributed by atoms with Crippen molar-refractivity contribution in [3.63, 3.8) is 0 Å². The number of benzene rings is 3. The van der Waals surface area contributed by atoms with Crippen LogP contribution in [0.2, 0.25) is 5.02 Å². The van der Waals surface area contributed by atoms with Gasteiger partial charge in [0, 0.05) is 10.6 Å². The van der Waals surface area contributed by atoms with Crippen molar-refractivity contribution in [3.8, 4) is 16.8 Å². The summed E-state index contributed by atoms with van der Waals surface area (Å²) in [6, 6.07) is 23.2. The number of anilines is 1. The first-order chi connectivity index (χ1) is 17.0. The smallest absolute Gasteiger partial charge is 0.414 e. The maximum atomic E-state index is 12.5. The summed E-state index contributed by atoms with van der Waals surface area (Å²) in [5.74, 6) is 0.238. The Kier molecular flexibility index (Phi) is 6.09. The summed E-state index contributed by atoms with van der Waals surface area (Å²) in [6.45, 7) is 1.75. The van der Waals surface area contributed by atoms with Crippen LogP contribution in [-0.2, 0) is 14.9 Å². The van der Waals surface area contributed by atoms with Gasteiger partial charge in [-0.2, -0.15) is 0 Å². The molecule has 0 saturated heterocycles. The number of carbonyl (C=O) groups is 2. The fourth-order valence-electron chi connectivity index (χ4n) is 4.08. The molecule has 1 atom stereocenters. The summed E-state index contributed by atoms with van der Waals surface area (Å²) in [5.41, 5.74) is 4.39. The topological polar surface area (TPSA) is 86.1 Å². The molecule has 8 heteroatoms. The van der Waals surface area contributed by atoms with Crippen LogP contribution in [0.4, 0.5) is 10.7 Å². The molecular formula is C27H23ClN4O3. The van der Waals surface area contributed by atoms with Crippen LogP contribution in [0.15, 0.2) is 79.1 Å². The van der Waals surface area contributed by atoms with E-state index in [0.29, 0.717) is 10.6 Å². The Labute approximate surface area is 207 Å². The van der Waals surface area contributed by atoms with Crippen LogP contribution in [0.25, 0.3) is 16.8 Å². The number of ether oxygens (including phenoxy) is 1. The Morgan fingerprint density at radius 1 is 1.06 bits per heavy atom. The zero-order valence-electron chi connectivity index (χ0n) is 19.0. The third-order valence-electron chi connectivity index (χ3n) is 6.34. The first-order valence-corrected chi connectivity index (χ1v) is 11.7. The number of nitrogens with one attached hydrogen (secondary N) is 1. The Bertz CT molecular complexity index is 1360. The van der Waals surface area contributed by atoms with E-state index in [2.05, 4.69) is 15.5 Å². The minimum atomic E-state index is -0.660. The van der Waals surface area contributed by atoms with Gasteiger partial charge in [-0.05, 0) is 54.7 Å². The van der Waals surface area contributed by atoms with Gasteiger partial charge in [-0.1, -0.05) is 66.2 Å². The SMILES string of the molecule is C[C@@H](OC(=O)Nc1nncn1-c1ccc(-c2ccc(C3(C=O)CC3)cc2)cc1)c1ccccc1Cl. The molecule has 0 spiro atoms. The van der Waals surface area contributed by atoms with Gasteiger partial charge < -0.3 is 9.53 Å². The third-order valence-corrected chi connectivity index (χ3v) is 6.69. The van der Waals surface area contributed by atoms with Crippen LogP contribution < -0.4 is 5.32 Å². The highest BCUT2D eigenvalue weighted by Gasteiger charge is 2.44. The molecule has 3 aromatic carbocycles. The molecule has 1 N–H and O–H groups in total. The lowest BCUT2D eigenvalue weighted by molar-refractivity contribution is -0.109. The van der Waals surface area contributed by atoms with Crippen molar-refractivity contribution in [2.24, 2.45) is 0 Å². The van der Waals surface area contributed by atoms with Gasteiger partial charge >= 0.3 is 6.09 Å². The van der Waals surface area contributed by atoms with Crippen LogP contribution in [0, 0.1) is 0 Å². The first kappa shape index (κ1) is 22.8. The maximum absolute atomic E-state index is 12.5. The summed E-state index contributed by atoms with van der Waals surface area (Å²) in [5, 5.41) is 11.1. The highest BCUT2D eigenvalue weighted by atomic mass is 35.5. The summed E-state index contributed by atoms with van der Waals surface area (Å²) in [7, 11) is 0. The summed E-state index contributed by atoms with van der Waals surface area (Å²) in [4.78, 5) is 23.8. The zero-order valence-corrected chi connectivity index (χ0v) is 19.8. The zero-order chi connectivity index (χ0) is 24.4. The van der Waals surface area contributed by atoms with Crippen LogP contribution in [-0.4, -0.2) is 27.1 Å². The second-order valence-electron chi connectivity index (χ2n) is 8.62. The van der Waals surface area contributed by atoms with E-state index in [1.165, 1.54) is 6.33 Å². The van der Waals surface area contributed by atoms with Crippen LogP contribution in [0.1, 0.15) is 37.0 Å². The lowest BCUT2D eigenvalue weighted by Gasteiger charge is -2.15. The number of amides is 1. The number of aromatic nitrogens is 3. The molecule has 0 unspecified atom stereocenters. The van der Waals surface area contributed by atoms with Gasteiger partial charge in [0.1, 0.15) is 18.7 Å². The molecule has 1 aromatic heterocycles. The van der Waals surface area contributed by atoms with E-state index in [-0.39, 0.29) is 11.4 Å². The fraction of sp³-hybridized carbons (Fsp3) is 0.185. The van der Waals surface area contributed by atoms with E-state index in [9.17, 15) is 9.59 Å². The molecule has 0 aliphatic heterocycles. The number of halogens is 1. The van der Waals surface area contributed by atoms with Crippen molar-refractivity contribution in [2.45, 2.75) is 31.3 Å². The maximum Gasteiger partial charge on any atom is 0.414 e. The van der Waals surface area contributed by atoms with Gasteiger partial charge in [-0.25, -0.2) is 4.79 Å². The number of nitrogens with zero attached hydrogens (tertiary/aromatic N) is 3. The van der Waals surface area contributed by atoms with Gasteiger partial charge in [0.05, 0.1) is 11.1 Å². The third kappa shape index (κ3) is 4.68. The van der Waals surface area contributed by atoms with Crippen LogP contribution in [0.3, 0.4) is 0 Å². The van der Waals surface area contributed by atoms with Crippen molar-refractivity contribution in [2.75, 3.05) is 5.32 Å². The molecule has 35 heavy (non-hydrogen) atoms. The molecule has 1 aliphatic rings. The summed E-state index contributed by atoms with van der Waals surface area (Å²) >= 11 is 6.19. The van der Waals surface area contributed by atoms with Gasteiger partial charge in [0.15, 0.2) is 0 Å². The largest absolute Gasteiger partial charge is 0.441 e. The Morgan fingerprint density at radius 3 is 2.34 bits per heavy atom. The Hall–Kier alpha value is -3.97. The predicted octanol–water partition coefficient (Wildman–Crippen LogP) is 6.13. The molecule has 5 rings (SSSR count). The van der Waals surface area contributed by atoms with E-state index in [4.69, 9.17) is 16.3 Å². The lowest BCUT2D eigenvalue weighted by atomic mass is 9.95. The van der Waals surface area contributed by atoms with E-state index >= 15 is 0 Å². The summed E-state index contributed by atoms with van der Waals surface area (Å²) < 4.78 is 7.13. The first-order valence-electron chi connectivity index (χ1n) is 11.3. The quantitative estimate of drug-likeness (QED) is 0.318. The molecule has 176 valence electrons. The van der Waals surface area contributed by atoms with Crippen molar-refractivity contribution < 1.29 is 14.3 Å². The van der Waals surface area contributed by atoms with Crippen molar-refractivity contribution in [1.82, 2.24) is 14.8 Å². The van der Waals surface area contributed by atoms with Crippen LogP contribution >= 0.6 is 11.6 Å². The normalized spacial score (nSPS) is 14.7. The molecule has 1 aliphatic carbocycles. The van der Waals surface area contributed by atoms with E-state index < -0.39 is 12.2 Å². The van der Waals surface area contributed by atoms with Crippen molar-refractivity contribution in [1.29, 1.82) is 0 Å². The van der Waals surface area contributed by atoms with Gasteiger partial charge in [-0.15, -0.1) is 10.2 Å².